The molecule has 0 aliphatic heterocycles. The highest BCUT2D eigenvalue weighted by atomic mass is 16.5. The smallest absolute Gasteiger partial charge is 0.165 e. The summed E-state index contributed by atoms with van der Waals surface area (Å²) in [5.74, 6) is 1.13. The van der Waals surface area contributed by atoms with Crippen LogP contribution in [0.25, 0.3) is 0 Å². The molecule has 76 valence electrons. The molecule has 5 nitrogen and oxygen atoms in total. The molecule has 0 aliphatic rings. The number of carbonyl (C=O) groups excluding carboxylic acids is 1. The number of aldehydes is 1. The molecule has 0 spiro atoms. The molecule has 5 heteroatoms. The molecule has 0 saturated heterocycles. The van der Waals surface area contributed by atoms with Crippen LogP contribution in [0.2, 0.25) is 0 Å². The fraction of sp³-hybridized carbons (Fsp3) is 0.100. The largest absolute Gasteiger partial charge is 0.452 e. The maximum Gasteiger partial charge on any atom is 0.165 e. The Balaban J connectivity index is 2.20. The van der Waals surface area contributed by atoms with Gasteiger partial charge in [-0.15, -0.1) is 0 Å². The molecule has 2 aromatic heterocycles. The number of ether oxygens (including phenoxy) is 1. The molecule has 15 heavy (non-hydrogen) atoms. The van der Waals surface area contributed by atoms with Crippen molar-refractivity contribution in [2.45, 2.75) is 0 Å². The summed E-state index contributed by atoms with van der Waals surface area (Å²) in [6, 6.07) is 1.62. The number of rotatable bonds is 3. The lowest BCUT2D eigenvalue weighted by Gasteiger charge is -2.01. The second-order valence-electron chi connectivity index (χ2n) is 3.02. The Labute approximate surface area is 86.3 Å². The van der Waals surface area contributed by atoms with E-state index in [0.717, 1.165) is 6.29 Å². The molecule has 0 unspecified atom stereocenters. The van der Waals surface area contributed by atoms with Crippen molar-refractivity contribution in [3.8, 4) is 11.5 Å². The first-order valence-electron chi connectivity index (χ1n) is 4.34. The van der Waals surface area contributed by atoms with Crippen molar-refractivity contribution in [2.24, 2.45) is 7.05 Å². The van der Waals surface area contributed by atoms with Gasteiger partial charge in [0.15, 0.2) is 12.0 Å². The van der Waals surface area contributed by atoms with Crippen LogP contribution < -0.4 is 4.74 Å². The third-order valence-corrected chi connectivity index (χ3v) is 1.79. The number of carbonyl (C=O) groups is 1. The molecule has 0 amide bonds. The molecular formula is C10H9N3O2. The first-order valence-corrected chi connectivity index (χ1v) is 4.34. The summed E-state index contributed by atoms with van der Waals surface area (Å²) in [5.41, 5.74) is 0.483. The van der Waals surface area contributed by atoms with Gasteiger partial charge < -0.3 is 4.74 Å². The van der Waals surface area contributed by atoms with Crippen molar-refractivity contribution in [1.29, 1.82) is 0 Å². The molecule has 2 rings (SSSR count). The molecule has 0 saturated carbocycles. The van der Waals surface area contributed by atoms with E-state index in [-0.39, 0.29) is 0 Å². The van der Waals surface area contributed by atoms with Gasteiger partial charge in [0.1, 0.15) is 5.75 Å². The maximum absolute atomic E-state index is 10.5. The summed E-state index contributed by atoms with van der Waals surface area (Å²) < 4.78 is 7.07. The highest BCUT2D eigenvalue weighted by molar-refractivity contribution is 5.74. The van der Waals surface area contributed by atoms with Crippen molar-refractivity contribution in [3.63, 3.8) is 0 Å². The topological polar surface area (TPSA) is 57.0 Å². The SMILES string of the molecule is Cn1cc(Oc2cncc(C=O)c2)cn1. The standard InChI is InChI=1S/C10H9N3O2/c1-13-6-10(5-12-13)15-9-2-8(7-14)3-11-4-9/h2-7H,1H3. The second kappa shape index (κ2) is 3.91. The zero-order valence-corrected chi connectivity index (χ0v) is 8.12. The van der Waals surface area contributed by atoms with Gasteiger partial charge in [-0.25, -0.2) is 0 Å². The summed E-state index contributed by atoms with van der Waals surface area (Å²) in [6.07, 6.45) is 7.06. The average molecular weight is 203 g/mol. The summed E-state index contributed by atoms with van der Waals surface area (Å²) in [6.45, 7) is 0. The van der Waals surface area contributed by atoms with Crippen LogP contribution in [0.3, 0.4) is 0 Å². The van der Waals surface area contributed by atoms with Crippen LogP contribution in [-0.2, 0) is 7.05 Å². The van der Waals surface area contributed by atoms with E-state index >= 15 is 0 Å². The van der Waals surface area contributed by atoms with Crippen molar-refractivity contribution in [2.75, 3.05) is 0 Å². The number of aromatic nitrogens is 3. The maximum atomic E-state index is 10.5. The summed E-state index contributed by atoms with van der Waals surface area (Å²) >= 11 is 0. The zero-order chi connectivity index (χ0) is 10.7. The number of hydrogen-bond acceptors (Lipinski definition) is 4. The van der Waals surface area contributed by atoms with Gasteiger partial charge in [0, 0.05) is 18.8 Å². The van der Waals surface area contributed by atoms with Gasteiger partial charge in [0.25, 0.3) is 0 Å². The predicted octanol–water partition coefficient (Wildman–Crippen LogP) is 1.42. The van der Waals surface area contributed by atoms with E-state index < -0.39 is 0 Å². The molecule has 0 aromatic carbocycles. The normalized spacial score (nSPS) is 9.93. The van der Waals surface area contributed by atoms with Crippen LogP contribution in [0.15, 0.2) is 30.9 Å². The lowest BCUT2D eigenvalue weighted by Crippen LogP contribution is -1.87. The number of hydrogen-bond donors (Lipinski definition) is 0. The van der Waals surface area contributed by atoms with Gasteiger partial charge in [0.05, 0.1) is 18.6 Å². The molecule has 0 atom stereocenters. The predicted molar refractivity (Wildman–Crippen MR) is 52.9 cm³/mol. The minimum absolute atomic E-state index is 0.483. The first-order chi connectivity index (χ1) is 7.28. The van der Waals surface area contributed by atoms with Gasteiger partial charge in [-0.2, -0.15) is 5.10 Å². The summed E-state index contributed by atoms with van der Waals surface area (Å²) in [7, 11) is 1.80. The highest BCUT2D eigenvalue weighted by Crippen LogP contribution is 2.19. The van der Waals surface area contributed by atoms with Gasteiger partial charge in [0.2, 0.25) is 0 Å². The lowest BCUT2D eigenvalue weighted by molar-refractivity contribution is 0.112. The summed E-state index contributed by atoms with van der Waals surface area (Å²) in [5, 5.41) is 3.96. The van der Waals surface area contributed by atoms with Gasteiger partial charge in [-0.05, 0) is 6.07 Å². The van der Waals surface area contributed by atoms with E-state index in [2.05, 4.69) is 10.1 Å². The van der Waals surface area contributed by atoms with Crippen LogP contribution in [0.4, 0.5) is 0 Å². The van der Waals surface area contributed by atoms with Crippen LogP contribution in [-0.4, -0.2) is 21.1 Å². The third-order valence-electron chi connectivity index (χ3n) is 1.79. The van der Waals surface area contributed by atoms with Crippen molar-refractivity contribution in [3.05, 3.63) is 36.4 Å². The van der Waals surface area contributed by atoms with E-state index in [1.807, 2.05) is 0 Å². The Morgan fingerprint density at radius 1 is 1.33 bits per heavy atom. The monoisotopic (exact) mass is 203 g/mol. The fourth-order valence-electron chi connectivity index (χ4n) is 1.14. The second-order valence-corrected chi connectivity index (χ2v) is 3.02. The summed E-state index contributed by atoms with van der Waals surface area (Å²) in [4.78, 5) is 14.4. The minimum atomic E-state index is 0.483. The molecule has 2 heterocycles. The first kappa shape index (κ1) is 9.39. The van der Waals surface area contributed by atoms with Crippen molar-refractivity contribution < 1.29 is 9.53 Å². The molecule has 0 bridgehead atoms. The number of pyridine rings is 1. The van der Waals surface area contributed by atoms with Gasteiger partial charge >= 0.3 is 0 Å². The number of nitrogens with zero attached hydrogens (tertiary/aromatic N) is 3. The molecular weight excluding hydrogens is 194 g/mol. The molecule has 2 aromatic rings. The molecule has 0 radical (unpaired) electrons. The Hall–Kier alpha value is -2.17. The van der Waals surface area contributed by atoms with E-state index in [4.69, 9.17) is 4.74 Å². The van der Waals surface area contributed by atoms with E-state index in [9.17, 15) is 4.79 Å². The highest BCUT2D eigenvalue weighted by Gasteiger charge is 2.00. The Morgan fingerprint density at radius 2 is 2.20 bits per heavy atom. The quantitative estimate of drug-likeness (QED) is 0.708. The van der Waals surface area contributed by atoms with Crippen LogP contribution in [0.1, 0.15) is 10.4 Å². The zero-order valence-electron chi connectivity index (χ0n) is 8.12. The third kappa shape index (κ3) is 2.19. The lowest BCUT2D eigenvalue weighted by atomic mass is 10.3. The van der Waals surface area contributed by atoms with Gasteiger partial charge in [-0.3, -0.25) is 14.5 Å². The van der Waals surface area contributed by atoms with E-state index in [1.165, 1.54) is 6.20 Å². The van der Waals surface area contributed by atoms with Crippen molar-refractivity contribution >= 4 is 6.29 Å². The fourth-order valence-corrected chi connectivity index (χ4v) is 1.14. The molecule has 0 N–H and O–H groups in total. The minimum Gasteiger partial charge on any atom is -0.452 e. The van der Waals surface area contributed by atoms with Gasteiger partial charge in [-0.1, -0.05) is 0 Å². The van der Waals surface area contributed by atoms with Crippen LogP contribution in [0.5, 0.6) is 11.5 Å². The van der Waals surface area contributed by atoms with E-state index in [0.29, 0.717) is 17.1 Å². The Morgan fingerprint density at radius 3 is 2.87 bits per heavy atom. The molecule has 0 fully saturated rings. The van der Waals surface area contributed by atoms with E-state index in [1.54, 1.807) is 36.4 Å². The Kier molecular flexibility index (Phi) is 2.45. The van der Waals surface area contributed by atoms with Crippen molar-refractivity contribution in [1.82, 2.24) is 14.8 Å². The Bertz CT molecular complexity index is 479. The average Bonchev–Trinajstić information content (AvgIpc) is 2.64. The number of aryl methyl sites for hydroxylation is 1. The van der Waals surface area contributed by atoms with Crippen LogP contribution >= 0.6 is 0 Å². The molecule has 0 aliphatic carbocycles. The van der Waals surface area contributed by atoms with Crippen LogP contribution in [0, 0.1) is 0 Å².